The quantitative estimate of drug-likeness (QED) is 0.473. The Labute approximate surface area is 77.5 Å². The lowest BCUT2D eigenvalue weighted by atomic mass is 10.4. The Balaban J connectivity index is 3.77. The van der Waals surface area contributed by atoms with Crippen LogP contribution in [0.2, 0.25) is 0 Å². The van der Waals surface area contributed by atoms with Gasteiger partial charge < -0.3 is 9.47 Å². The van der Waals surface area contributed by atoms with Crippen LogP contribution in [0.5, 0.6) is 0 Å². The summed E-state index contributed by atoms with van der Waals surface area (Å²) in [5.74, 6) is 1.98. The molecule has 0 aromatic carbocycles. The van der Waals surface area contributed by atoms with Gasteiger partial charge in [0.05, 0.1) is 33.3 Å². The van der Waals surface area contributed by atoms with E-state index in [4.69, 9.17) is 9.47 Å². The van der Waals surface area contributed by atoms with Gasteiger partial charge in [0.1, 0.15) is 0 Å². The molecule has 72 valence electrons. The summed E-state index contributed by atoms with van der Waals surface area (Å²) in [5, 5.41) is 0. The van der Waals surface area contributed by atoms with Crippen molar-refractivity contribution in [1.82, 2.24) is 0 Å². The highest BCUT2D eigenvalue weighted by Crippen LogP contribution is 2.06. The van der Waals surface area contributed by atoms with Crippen molar-refractivity contribution in [3.05, 3.63) is 0 Å². The number of rotatable bonds is 6. The standard InChI is InChI=1S/C9H19O2P/c1-7(2)10-9(5-6-12)11-8(3)4/h6-9,12H,5H2,1-4H3/p+1. The smallest absolute Gasteiger partial charge is 0.165 e. The Morgan fingerprint density at radius 3 is 1.75 bits per heavy atom. The summed E-state index contributed by atoms with van der Waals surface area (Å²) in [7, 11) is 2.56. The second kappa shape index (κ2) is 6.59. The van der Waals surface area contributed by atoms with Crippen LogP contribution in [0.1, 0.15) is 34.1 Å². The summed E-state index contributed by atoms with van der Waals surface area (Å²) in [6, 6.07) is 0. The molecule has 2 nitrogen and oxygen atoms in total. The summed E-state index contributed by atoms with van der Waals surface area (Å²) in [5.41, 5.74) is 0. The van der Waals surface area contributed by atoms with Gasteiger partial charge in [0, 0.05) is 0 Å². The number of hydrogen-bond donors (Lipinski definition) is 0. The van der Waals surface area contributed by atoms with E-state index in [1.54, 1.807) is 0 Å². The van der Waals surface area contributed by atoms with Gasteiger partial charge in [-0.2, -0.15) is 0 Å². The third kappa shape index (κ3) is 6.78. The summed E-state index contributed by atoms with van der Waals surface area (Å²) in [4.78, 5) is 0. The molecule has 0 aliphatic rings. The molecule has 0 N–H and O–H groups in total. The van der Waals surface area contributed by atoms with Crippen molar-refractivity contribution in [3.8, 4) is 0 Å². The van der Waals surface area contributed by atoms with Crippen LogP contribution in [-0.4, -0.2) is 24.3 Å². The van der Waals surface area contributed by atoms with E-state index in [0.29, 0.717) is 0 Å². The minimum atomic E-state index is -0.0949. The van der Waals surface area contributed by atoms with E-state index >= 15 is 0 Å². The van der Waals surface area contributed by atoms with E-state index in [-0.39, 0.29) is 18.5 Å². The molecule has 1 atom stereocenters. The zero-order valence-corrected chi connectivity index (χ0v) is 9.57. The van der Waals surface area contributed by atoms with Crippen molar-refractivity contribution in [3.63, 3.8) is 0 Å². The molecule has 0 saturated carbocycles. The summed E-state index contributed by atoms with van der Waals surface area (Å²) in [6.45, 7) is 8.05. The van der Waals surface area contributed by atoms with Crippen LogP contribution in [0.3, 0.4) is 0 Å². The van der Waals surface area contributed by atoms with Crippen LogP contribution < -0.4 is 0 Å². The summed E-state index contributed by atoms with van der Waals surface area (Å²) in [6.07, 6.45) is 1.17. The van der Waals surface area contributed by atoms with Crippen molar-refractivity contribution < 1.29 is 9.47 Å². The molecule has 0 bridgehead atoms. The molecule has 0 saturated heterocycles. The lowest BCUT2D eigenvalue weighted by Gasteiger charge is -2.20. The van der Waals surface area contributed by atoms with Gasteiger partial charge in [0.2, 0.25) is 0 Å². The van der Waals surface area contributed by atoms with Crippen LogP contribution in [0.4, 0.5) is 0 Å². The first-order valence-electron chi connectivity index (χ1n) is 4.40. The van der Waals surface area contributed by atoms with Crippen LogP contribution in [0, 0.1) is 0 Å². The summed E-state index contributed by atoms with van der Waals surface area (Å²) < 4.78 is 11.1. The highest BCUT2D eigenvalue weighted by molar-refractivity contribution is 7.18. The lowest BCUT2D eigenvalue weighted by Crippen LogP contribution is -2.24. The van der Waals surface area contributed by atoms with E-state index in [1.807, 2.05) is 33.5 Å². The third-order valence-corrected chi connectivity index (χ3v) is 1.45. The van der Waals surface area contributed by atoms with Crippen LogP contribution in [0.25, 0.3) is 0 Å². The van der Waals surface area contributed by atoms with E-state index in [9.17, 15) is 0 Å². The fraction of sp³-hybridized carbons (Fsp3) is 0.889. The molecule has 0 amide bonds. The molecule has 0 aromatic rings. The van der Waals surface area contributed by atoms with Crippen molar-refractivity contribution >= 4 is 14.7 Å². The third-order valence-electron chi connectivity index (χ3n) is 1.18. The Bertz CT molecular complexity index is 114. The number of ether oxygens (including phenoxy) is 2. The highest BCUT2D eigenvalue weighted by Gasteiger charge is 2.12. The zero-order chi connectivity index (χ0) is 9.56. The highest BCUT2D eigenvalue weighted by atomic mass is 31.0. The Hall–Kier alpha value is 0.0900. The average Bonchev–Trinajstić information content (AvgIpc) is 1.84. The van der Waals surface area contributed by atoms with Gasteiger partial charge in [-0.15, -0.1) is 0 Å². The zero-order valence-electron chi connectivity index (χ0n) is 8.41. The number of hydrogen-bond acceptors (Lipinski definition) is 2. The predicted molar refractivity (Wildman–Crippen MR) is 56.6 cm³/mol. The van der Waals surface area contributed by atoms with Crippen LogP contribution >= 0.6 is 8.86 Å². The van der Waals surface area contributed by atoms with Crippen molar-refractivity contribution in [2.75, 3.05) is 0 Å². The van der Waals surface area contributed by atoms with Gasteiger partial charge >= 0.3 is 0 Å². The molecule has 1 unspecified atom stereocenters. The molecule has 0 rings (SSSR count). The monoisotopic (exact) mass is 191 g/mol. The van der Waals surface area contributed by atoms with Gasteiger partial charge in [0.15, 0.2) is 6.29 Å². The maximum atomic E-state index is 5.53. The van der Waals surface area contributed by atoms with Crippen molar-refractivity contribution in [1.29, 1.82) is 0 Å². The summed E-state index contributed by atoms with van der Waals surface area (Å²) >= 11 is 0. The molecule has 0 fully saturated rings. The topological polar surface area (TPSA) is 18.5 Å². The Morgan fingerprint density at radius 2 is 1.50 bits per heavy atom. The van der Waals surface area contributed by atoms with E-state index in [0.717, 1.165) is 6.42 Å². The average molecular weight is 191 g/mol. The van der Waals surface area contributed by atoms with Gasteiger partial charge in [-0.25, -0.2) is 0 Å². The fourth-order valence-corrected chi connectivity index (χ4v) is 1.08. The molecular formula is C9H20O2P+. The molecule has 0 spiro atoms. The molecule has 0 aliphatic heterocycles. The molecule has 3 heteroatoms. The Morgan fingerprint density at radius 1 is 1.08 bits per heavy atom. The van der Waals surface area contributed by atoms with E-state index in [1.165, 1.54) is 0 Å². The lowest BCUT2D eigenvalue weighted by molar-refractivity contribution is -0.175. The first-order chi connectivity index (χ1) is 5.56. The predicted octanol–water partition coefficient (Wildman–Crippen LogP) is 2.23. The maximum Gasteiger partial charge on any atom is 0.165 e. The first-order valence-corrected chi connectivity index (χ1v) is 5.07. The van der Waals surface area contributed by atoms with Gasteiger partial charge in [-0.1, -0.05) is 0 Å². The van der Waals surface area contributed by atoms with Crippen molar-refractivity contribution in [2.45, 2.75) is 52.6 Å². The van der Waals surface area contributed by atoms with Gasteiger partial charge in [-0.05, 0) is 27.7 Å². The SMILES string of the molecule is CC(C)OC(CC=[PH2+])OC(C)C. The Kier molecular flexibility index (Phi) is 6.64. The van der Waals surface area contributed by atoms with E-state index in [2.05, 4.69) is 8.86 Å². The molecular weight excluding hydrogens is 171 g/mol. The normalized spacial score (nSPS) is 11.6. The maximum absolute atomic E-state index is 5.53. The molecule has 0 heterocycles. The molecule has 0 aliphatic carbocycles. The largest absolute Gasteiger partial charge is 0.350 e. The second-order valence-electron chi connectivity index (χ2n) is 3.27. The van der Waals surface area contributed by atoms with E-state index < -0.39 is 0 Å². The minimum absolute atomic E-state index is 0.0949. The molecule has 0 aromatic heterocycles. The van der Waals surface area contributed by atoms with Gasteiger partial charge in [0.25, 0.3) is 0 Å². The second-order valence-corrected chi connectivity index (χ2v) is 3.74. The molecule has 0 radical (unpaired) electrons. The van der Waals surface area contributed by atoms with Crippen LogP contribution in [-0.2, 0) is 9.47 Å². The first kappa shape index (κ1) is 12.1. The molecule has 12 heavy (non-hydrogen) atoms. The van der Waals surface area contributed by atoms with Gasteiger partial charge in [-0.3, -0.25) is 0 Å². The van der Waals surface area contributed by atoms with Crippen LogP contribution in [0.15, 0.2) is 0 Å². The van der Waals surface area contributed by atoms with Crippen molar-refractivity contribution in [2.24, 2.45) is 0 Å². The fourth-order valence-electron chi connectivity index (χ4n) is 0.861. The minimum Gasteiger partial charge on any atom is -0.350 e.